The molecule has 3 nitrogen and oxygen atoms in total. The van der Waals surface area contributed by atoms with E-state index in [9.17, 15) is 0 Å². The van der Waals surface area contributed by atoms with E-state index in [2.05, 4.69) is 26.9 Å². The number of nitrogens with zero attached hydrogens (tertiary/aromatic N) is 3. The Morgan fingerprint density at radius 2 is 1.70 bits per heavy atom. The molecule has 20 heavy (non-hydrogen) atoms. The molecule has 0 amide bonds. The molecule has 3 aliphatic rings. The molecule has 3 saturated carbocycles. The third-order valence-corrected chi connectivity index (χ3v) is 5.94. The number of rotatable bonds is 2. The second-order valence-electron chi connectivity index (χ2n) is 6.51. The highest BCUT2D eigenvalue weighted by Crippen LogP contribution is 2.72. The van der Waals surface area contributed by atoms with Crippen LogP contribution in [0.15, 0.2) is 30.3 Å². The zero-order valence-corrected chi connectivity index (χ0v) is 11.9. The van der Waals surface area contributed by atoms with E-state index in [0.29, 0.717) is 11.3 Å². The van der Waals surface area contributed by atoms with Gasteiger partial charge in [0.1, 0.15) is 0 Å². The lowest BCUT2D eigenvalue weighted by molar-refractivity contribution is 0.455. The summed E-state index contributed by atoms with van der Waals surface area (Å²) in [6.07, 6.45) is 4.29. The summed E-state index contributed by atoms with van der Waals surface area (Å²) in [7, 11) is 0. The highest BCUT2D eigenvalue weighted by Gasteiger charge is 2.66. The van der Waals surface area contributed by atoms with Gasteiger partial charge >= 0.3 is 0 Å². The third kappa shape index (κ3) is 1.37. The zero-order valence-electron chi connectivity index (χ0n) is 11.1. The molecule has 4 heteroatoms. The first-order valence-corrected chi connectivity index (χ1v) is 7.88. The van der Waals surface area contributed by atoms with Crippen molar-refractivity contribution in [3.05, 3.63) is 35.6 Å². The molecule has 4 atom stereocenters. The lowest BCUT2D eigenvalue weighted by Gasteiger charge is -2.13. The number of hydrogen-bond acceptors (Lipinski definition) is 2. The molecule has 1 aromatic heterocycles. The van der Waals surface area contributed by atoms with Crippen molar-refractivity contribution in [2.45, 2.75) is 25.3 Å². The highest BCUT2D eigenvalue weighted by molar-refractivity contribution is 6.28. The number of fused-ring (bicyclic) bond motifs is 5. The minimum absolute atomic E-state index is 0.555. The van der Waals surface area contributed by atoms with Crippen LogP contribution in [0.4, 0.5) is 0 Å². The van der Waals surface area contributed by atoms with Gasteiger partial charge < -0.3 is 0 Å². The van der Waals surface area contributed by atoms with Gasteiger partial charge in [0.2, 0.25) is 5.28 Å². The average Bonchev–Trinajstić information content (AvgIpc) is 2.83. The van der Waals surface area contributed by atoms with Gasteiger partial charge in [-0.05, 0) is 54.5 Å². The number of hydrogen-bond donors (Lipinski definition) is 0. The van der Waals surface area contributed by atoms with Crippen molar-refractivity contribution in [2.24, 2.45) is 23.7 Å². The summed E-state index contributed by atoms with van der Waals surface area (Å²) in [4.78, 5) is 0. The van der Waals surface area contributed by atoms with Crippen LogP contribution >= 0.6 is 11.6 Å². The maximum Gasteiger partial charge on any atom is 0.225 e. The van der Waals surface area contributed by atoms with Crippen LogP contribution in [0.2, 0.25) is 5.28 Å². The summed E-state index contributed by atoms with van der Waals surface area (Å²) in [6, 6.07) is 10.8. The Kier molecular flexibility index (Phi) is 2.18. The van der Waals surface area contributed by atoms with E-state index >= 15 is 0 Å². The van der Waals surface area contributed by atoms with Crippen LogP contribution in [-0.4, -0.2) is 14.8 Å². The van der Waals surface area contributed by atoms with Gasteiger partial charge in [0.05, 0.1) is 0 Å². The quantitative estimate of drug-likeness (QED) is 0.840. The molecule has 1 aromatic carbocycles. The first-order chi connectivity index (χ1) is 9.84. The lowest BCUT2D eigenvalue weighted by atomic mass is 10.0. The number of benzene rings is 1. The van der Waals surface area contributed by atoms with Crippen LogP contribution in [0.1, 0.15) is 25.3 Å². The first-order valence-electron chi connectivity index (χ1n) is 7.50. The Balaban J connectivity index is 1.58. The van der Waals surface area contributed by atoms with Crippen LogP contribution < -0.4 is 0 Å². The predicted molar refractivity (Wildman–Crippen MR) is 77.3 cm³/mol. The maximum atomic E-state index is 6.35. The molecule has 3 fully saturated rings. The van der Waals surface area contributed by atoms with Gasteiger partial charge in [-0.15, -0.1) is 10.2 Å². The summed E-state index contributed by atoms with van der Waals surface area (Å²) in [5.41, 5.74) is 1.12. The molecule has 0 saturated heterocycles. The molecule has 0 spiro atoms. The summed E-state index contributed by atoms with van der Waals surface area (Å²) >= 11 is 6.35. The van der Waals surface area contributed by atoms with Crippen molar-refractivity contribution < 1.29 is 0 Å². The van der Waals surface area contributed by atoms with Gasteiger partial charge in [0.15, 0.2) is 5.82 Å². The van der Waals surface area contributed by atoms with Crippen LogP contribution in [0, 0.1) is 23.7 Å². The van der Waals surface area contributed by atoms with Crippen molar-refractivity contribution in [3.8, 4) is 11.4 Å². The molecule has 1 heterocycles. The highest BCUT2D eigenvalue weighted by atomic mass is 35.5. The second-order valence-corrected chi connectivity index (χ2v) is 6.85. The first kappa shape index (κ1) is 11.3. The molecular weight excluding hydrogens is 270 g/mol. The van der Waals surface area contributed by atoms with E-state index in [-0.39, 0.29) is 0 Å². The lowest BCUT2D eigenvalue weighted by Crippen LogP contribution is -2.07. The normalized spacial score (nSPS) is 37.1. The maximum absolute atomic E-state index is 6.35. The third-order valence-electron chi connectivity index (χ3n) is 5.68. The van der Waals surface area contributed by atoms with E-state index in [1.165, 1.54) is 19.3 Å². The minimum Gasteiger partial charge on any atom is -0.294 e. The van der Waals surface area contributed by atoms with Gasteiger partial charge in [0, 0.05) is 11.6 Å². The van der Waals surface area contributed by atoms with Gasteiger partial charge in [-0.2, -0.15) is 0 Å². The van der Waals surface area contributed by atoms with Gasteiger partial charge in [0.25, 0.3) is 0 Å². The predicted octanol–water partition coefficient (Wildman–Crippen LogP) is 3.82. The van der Waals surface area contributed by atoms with Crippen molar-refractivity contribution in [1.82, 2.24) is 14.8 Å². The fraction of sp³-hybridized carbons (Fsp3) is 0.500. The van der Waals surface area contributed by atoms with Crippen molar-refractivity contribution in [1.29, 1.82) is 0 Å². The Morgan fingerprint density at radius 3 is 2.40 bits per heavy atom. The largest absolute Gasteiger partial charge is 0.294 e. The Bertz CT molecular complexity index is 650. The van der Waals surface area contributed by atoms with Crippen LogP contribution in [0.25, 0.3) is 11.4 Å². The van der Waals surface area contributed by atoms with Crippen molar-refractivity contribution in [2.75, 3.05) is 0 Å². The topological polar surface area (TPSA) is 30.7 Å². The summed E-state index contributed by atoms with van der Waals surface area (Å²) in [5, 5.41) is 9.01. The van der Waals surface area contributed by atoms with Gasteiger partial charge in [-0.25, -0.2) is 0 Å². The number of halogens is 1. The second kappa shape index (κ2) is 3.85. The molecule has 4 unspecified atom stereocenters. The molecule has 0 N–H and O–H groups in total. The minimum atomic E-state index is 0.555. The number of aromatic nitrogens is 3. The molecule has 2 bridgehead atoms. The Labute approximate surface area is 123 Å². The van der Waals surface area contributed by atoms with Crippen molar-refractivity contribution in [3.63, 3.8) is 0 Å². The van der Waals surface area contributed by atoms with E-state index < -0.39 is 0 Å². The molecule has 0 radical (unpaired) electrons. The summed E-state index contributed by atoms with van der Waals surface area (Å²) < 4.78 is 2.21. The Hall–Kier alpha value is -1.35. The molecule has 0 aliphatic heterocycles. The van der Waals surface area contributed by atoms with Gasteiger partial charge in [-0.1, -0.05) is 30.3 Å². The van der Waals surface area contributed by atoms with Crippen LogP contribution in [0.3, 0.4) is 0 Å². The van der Waals surface area contributed by atoms with E-state index in [1.807, 2.05) is 18.2 Å². The summed E-state index contributed by atoms with van der Waals surface area (Å²) in [5.74, 6) is 4.47. The van der Waals surface area contributed by atoms with E-state index in [0.717, 1.165) is 35.1 Å². The van der Waals surface area contributed by atoms with E-state index in [4.69, 9.17) is 11.6 Å². The molecular formula is C16H16ClN3. The molecule has 2 aromatic rings. The molecule has 102 valence electrons. The molecule has 5 rings (SSSR count). The smallest absolute Gasteiger partial charge is 0.225 e. The fourth-order valence-corrected chi connectivity index (χ4v) is 5.18. The fourth-order valence-electron chi connectivity index (χ4n) is 4.94. The van der Waals surface area contributed by atoms with Crippen LogP contribution in [0.5, 0.6) is 0 Å². The van der Waals surface area contributed by atoms with Crippen molar-refractivity contribution >= 4 is 11.6 Å². The Morgan fingerprint density at radius 1 is 1.00 bits per heavy atom. The molecule has 3 aliphatic carbocycles. The standard InChI is InChI=1S/C16H16ClN3/c17-16-19-18-15(9-4-2-1-3-5-9)20(16)14-12-10-6-7-11(8-10)13(12)14/h1-5,10-14H,6-8H2. The monoisotopic (exact) mass is 285 g/mol. The van der Waals surface area contributed by atoms with Crippen LogP contribution in [-0.2, 0) is 0 Å². The average molecular weight is 286 g/mol. The SMILES string of the molecule is Clc1nnc(-c2ccccc2)n1C1C2C3CCC(C3)C21. The van der Waals surface area contributed by atoms with E-state index in [1.54, 1.807) is 0 Å². The van der Waals surface area contributed by atoms with Gasteiger partial charge in [-0.3, -0.25) is 4.57 Å². The zero-order chi connectivity index (χ0) is 13.3. The summed E-state index contributed by atoms with van der Waals surface area (Å²) in [6.45, 7) is 0.